The molecular formula is C14H21FO3. The minimum atomic E-state index is -0.753. The van der Waals surface area contributed by atoms with Crippen molar-refractivity contribution in [3.05, 3.63) is 29.6 Å². The highest BCUT2D eigenvalue weighted by Gasteiger charge is 2.10. The molecule has 0 aromatic heterocycles. The van der Waals surface area contributed by atoms with E-state index in [1.54, 1.807) is 6.92 Å². The number of aliphatic hydroxyl groups excluding tert-OH is 1. The molecule has 1 atom stereocenters. The minimum absolute atomic E-state index is 0.377. The van der Waals surface area contributed by atoms with Crippen molar-refractivity contribution in [3.63, 3.8) is 0 Å². The maximum Gasteiger partial charge on any atom is 0.125 e. The Kier molecular flexibility index (Phi) is 6.68. The van der Waals surface area contributed by atoms with Crippen LogP contribution in [-0.4, -0.2) is 24.9 Å². The second-order valence-corrected chi connectivity index (χ2v) is 4.17. The molecule has 0 spiro atoms. The van der Waals surface area contributed by atoms with Crippen LogP contribution in [0.2, 0.25) is 0 Å². The summed E-state index contributed by atoms with van der Waals surface area (Å²) in [5.41, 5.74) is 0.462. The van der Waals surface area contributed by atoms with Crippen molar-refractivity contribution in [1.29, 1.82) is 0 Å². The molecule has 0 saturated heterocycles. The highest BCUT2D eigenvalue weighted by Crippen LogP contribution is 2.25. The summed E-state index contributed by atoms with van der Waals surface area (Å²) < 4.78 is 23.9. The van der Waals surface area contributed by atoms with Crippen LogP contribution >= 0.6 is 0 Å². The van der Waals surface area contributed by atoms with Gasteiger partial charge in [-0.25, -0.2) is 4.39 Å². The lowest BCUT2D eigenvalue weighted by molar-refractivity contribution is 0.0961. The normalized spacial score (nSPS) is 12.4. The molecule has 1 aromatic carbocycles. The summed E-state index contributed by atoms with van der Waals surface area (Å²) >= 11 is 0. The quantitative estimate of drug-likeness (QED) is 0.726. The van der Waals surface area contributed by atoms with E-state index in [2.05, 4.69) is 6.92 Å². The molecule has 0 fully saturated rings. The van der Waals surface area contributed by atoms with Crippen molar-refractivity contribution in [2.45, 2.75) is 32.8 Å². The fourth-order valence-electron chi connectivity index (χ4n) is 1.54. The number of ether oxygens (including phenoxy) is 2. The maximum atomic E-state index is 13.0. The third kappa shape index (κ3) is 5.02. The van der Waals surface area contributed by atoms with Crippen molar-refractivity contribution in [2.75, 3.05) is 19.8 Å². The van der Waals surface area contributed by atoms with Crippen molar-refractivity contribution in [2.24, 2.45) is 0 Å². The van der Waals surface area contributed by atoms with E-state index >= 15 is 0 Å². The molecule has 1 rings (SSSR count). The fourth-order valence-corrected chi connectivity index (χ4v) is 1.54. The monoisotopic (exact) mass is 256 g/mol. The highest BCUT2D eigenvalue weighted by atomic mass is 19.1. The molecule has 1 aromatic rings. The molecule has 0 radical (unpaired) electrons. The van der Waals surface area contributed by atoms with Crippen LogP contribution in [0.15, 0.2) is 18.2 Å². The Hall–Kier alpha value is -1.13. The van der Waals surface area contributed by atoms with Gasteiger partial charge in [0.05, 0.1) is 12.7 Å². The van der Waals surface area contributed by atoms with E-state index in [0.29, 0.717) is 24.5 Å². The van der Waals surface area contributed by atoms with Crippen molar-refractivity contribution < 1.29 is 19.0 Å². The van der Waals surface area contributed by atoms with Crippen LogP contribution in [0.1, 0.15) is 38.4 Å². The van der Waals surface area contributed by atoms with Crippen LogP contribution in [0.25, 0.3) is 0 Å². The molecule has 0 aliphatic heterocycles. The van der Waals surface area contributed by atoms with E-state index in [0.717, 1.165) is 19.4 Å². The van der Waals surface area contributed by atoms with Gasteiger partial charge in [0.1, 0.15) is 18.2 Å². The van der Waals surface area contributed by atoms with Gasteiger partial charge in [0, 0.05) is 12.2 Å². The number of halogens is 1. The van der Waals surface area contributed by atoms with Crippen LogP contribution in [0.5, 0.6) is 5.75 Å². The van der Waals surface area contributed by atoms with Crippen LogP contribution in [0.4, 0.5) is 4.39 Å². The number of aliphatic hydroxyl groups is 1. The molecule has 1 N–H and O–H groups in total. The Balaban J connectivity index is 2.42. The number of benzene rings is 1. The molecule has 0 aliphatic rings. The first-order chi connectivity index (χ1) is 8.65. The van der Waals surface area contributed by atoms with E-state index in [1.165, 1.54) is 18.2 Å². The van der Waals surface area contributed by atoms with Gasteiger partial charge in [-0.05, 0) is 31.5 Å². The van der Waals surface area contributed by atoms with E-state index in [4.69, 9.17) is 9.47 Å². The second-order valence-electron chi connectivity index (χ2n) is 4.17. The third-order valence-electron chi connectivity index (χ3n) is 2.55. The van der Waals surface area contributed by atoms with Gasteiger partial charge < -0.3 is 14.6 Å². The predicted octanol–water partition coefficient (Wildman–Crippen LogP) is 3.07. The SMILES string of the molecule is CCCCOCCOc1ccc(F)cc1C(C)O. The van der Waals surface area contributed by atoms with Crippen LogP contribution < -0.4 is 4.74 Å². The molecule has 3 nitrogen and oxygen atoms in total. The molecular weight excluding hydrogens is 235 g/mol. The molecule has 18 heavy (non-hydrogen) atoms. The van der Waals surface area contributed by atoms with Gasteiger partial charge in [0.2, 0.25) is 0 Å². The van der Waals surface area contributed by atoms with Gasteiger partial charge in [0.15, 0.2) is 0 Å². The zero-order valence-electron chi connectivity index (χ0n) is 11.0. The number of hydrogen-bond donors (Lipinski definition) is 1. The number of rotatable bonds is 8. The van der Waals surface area contributed by atoms with Crippen molar-refractivity contribution in [1.82, 2.24) is 0 Å². The Morgan fingerprint density at radius 3 is 2.72 bits per heavy atom. The summed E-state index contributed by atoms with van der Waals surface area (Å²) in [4.78, 5) is 0. The fraction of sp³-hybridized carbons (Fsp3) is 0.571. The van der Waals surface area contributed by atoms with E-state index in [9.17, 15) is 9.50 Å². The van der Waals surface area contributed by atoms with Gasteiger partial charge in [0.25, 0.3) is 0 Å². The highest BCUT2D eigenvalue weighted by molar-refractivity contribution is 5.35. The first-order valence-electron chi connectivity index (χ1n) is 6.33. The van der Waals surface area contributed by atoms with Crippen LogP contribution in [-0.2, 0) is 4.74 Å². The Morgan fingerprint density at radius 1 is 1.28 bits per heavy atom. The van der Waals surface area contributed by atoms with Gasteiger partial charge in [-0.2, -0.15) is 0 Å². The topological polar surface area (TPSA) is 38.7 Å². The first kappa shape index (κ1) is 14.9. The zero-order valence-corrected chi connectivity index (χ0v) is 11.0. The minimum Gasteiger partial charge on any atom is -0.491 e. The molecule has 0 aliphatic carbocycles. The third-order valence-corrected chi connectivity index (χ3v) is 2.55. The smallest absolute Gasteiger partial charge is 0.125 e. The molecule has 0 amide bonds. The lowest BCUT2D eigenvalue weighted by Gasteiger charge is -2.13. The lowest BCUT2D eigenvalue weighted by atomic mass is 10.1. The van der Waals surface area contributed by atoms with Gasteiger partial charge in [-0.3, -0.25) is 0 Å². The molecule has 102 valence electrons. The average molecular weight is 256 g/mol. The molecule has 0 saturated carbocycles. The number of unbranched alkanes of at least 4 members (excludes halogenated alkanes) is 1. The molecule has 1 unspecified atom stereocenters. The average Bonchev–Trinajstić information content (AvgIpc) is 2.35. The Bertz CT molecular complexity index is 353. The maximum absolute atomic E-state index is 13.0. The van der Waals surface area contributed by atoms with Gasteiger partial charge in [-0.15, -0.1) is 0 Å². The van der Waals surface area contributed by atoms with E-state index in [1.807, 2.05) is 0 Å². The van der Waals surface area contributed by atoms with Gasteiger partial charge >= 0.3 is 0 Å². The summed E-state index contributed by atoms with van der Waals surface area (Å²) in [6, 6.07) is 4.14. The molecule has 0 bridgehead atoms. The van der Waals surface area contributed by atoms with Crippen molar-refractivity contribution >= 4 is 0 Å². The van der Waals surface area contributed by atoms with E-state index in [-0.39, 0.29) is 5.82 Å². The summed E-state index contributed by atoms with van der Waals surface area (Å²) in [6.07, 6.45) is 1.39. The van der Waals surface area contributed by atoms with E-state index < -0.39 is 6.10 Å². The largest absolute Gasteiger partial charge is 0.491 e. The Labute approximate surface area is 108 Å². The standard InChI is InChI=1S/C14H21FO3/c1-3-4-7-17-8-9-18-14-6-5-12(15)10-13(14)11(2)16/h5-6,10-11,16H,3-4,7-9H2,1-2H3. The Morgan fingerprint density at radius 2 is 2.06 bits per heavy atom. The van der Waals surface area contributed by atoms with Crippen LogP contribution in [0.3, 0.4) is 0 Å². The van der Waals surface area contributed by atoms with Gasteiger partial charge in [-0.1, -0.05) is 13.3 Å². The summed E-state index contributed by atoms with van der Waals surface area (Å²) in [5.74, 6) is 0.128. The van der Waals surface area contributed by atoms with Crippen molar-refractivity contribution in [3.8, 4) is 5.75 Å². The predicted molar refractivity (Wildman–Crippen MR) is 68.3 cm³/mol. The summed E-state index contributed by atoms with van der Waals surface area (Å²) in [5, 5.41) is 9.52. The number of hydrogen-bond acceptors (Lipinski definition) is 3. The molecule has 0 heterocycles. The second kappa shape index (κ2) is 8.06. The first-order valence-corrected chi connectivity index (χ1v) is 6.33. The lowest BCUT2D eigenvalue weighted by Crippen LogP contribution is -2.09. The summed E-state index contributed by atoms with van der Waals surface area (Å²) in [6.45, 7) is 5.31. The van der Waals surface area contributed by atoms with Crippen LogP contribution in [0, 0.1) is 5.82 Å². The zero-order chi connectivity index (χ0) is 13.4. The molecule has 4 heteroatoms. The summed E-state index contributed by atoms with van der Waals surface area (Å²) in [7, 11) is 0.